The molecule has 1 aromatic rings. The van der Waals surface area contributed by atoms with Crippen LogP contribution >= 0.6 is 11.8 Å². The van der Waals surface area contributed by atoms with E-state index in [0.29, 0.717) is 18.8 Å². The summed E-state index contributed by atoms with van der Waals surface area (Å²) < 4.78 is 5.20. The predicted octanol–water partition coefficient (Wildman–Crippen LogP) is 1.94. The molecule has 2 fully saturated rings. The minimum Gasteiger partial charge on any atom is -0.389 e. The summed E-state index contributed by atoms with van der Waals surface area (Å²) in [6.07, 6.45) is 3.27. The molecule has 0 radical (unpaired) electrons. The van der Waals surface area contributed by atoms with Crippen molar-refractivity contribution in [1.82, 2.24) is 0 Å². The molecule has 1 aliphatic carbocycles. The molecule has 0 spiro atoms. The van der Waals surface area contributed by atoms with Crippen molar-refractivity contribution in [3.63, 3.8) is 0 Å². The van der Waals surface area contributed by atoms with Gasteiger partial charge in [-0.25, -0.2) is 0 Å². The van der Waals surface area contributed by atoms with Gasteiger partial charge >= 0.3 is 0 Å². The number of hydrogen-bond donors (Lipinski definition) is 1. The molecule has 112 valence electrons. The van der Waals surface area contributed by atoms with Crippen molar-refractivity contribution in [3.8, 4) is 0 Å². The minimum absolute atomic E-state index is 0.0935. The number of carbonyl (C=O) groups is 1. The van der Waals surface area contributed by atoms with E-state index < -0.39 is 5.91 Å². The number of carbonyl (C=O) groups excluding carboxylic acids is 1. The molecular weight excluding hydrogens is 288 g/mol. The van der Waals surface area contributed by atoms with Crippen molar-refractivity contribution in [2.75, 3.05) is 13.2 Å². The molecule has 21 heavy (non-hydrogen) atoms. The van der Waals surface area contributed by atoms with Gasteiger partial charge < -0.3 is 15.3 Å². The van der Waals surface area contributed by atoms with Gasteiger partial charge in [-0.2, -0.15) is 0 Å². The standard InChI is InChI=1S/C15H18N2O3S/c16-15(18)14(17-20-11-7-8-19-9-11)10-1-3-12(4-2-10)21-13-5-6-13/h1-4,11,13H,5-9H2,(H2,16,18)/b17-14+/t11-/m1/s1. The molecule has 2 N–H and O–H groups in total. The third-order valence-corrected chi connectivity index (χ3v) is 4.72. The van der Waals surface area contributed by atoms with Crippen LogP contribution in [0, 0.1) is 0 Å². The third kappa shape index (κ3) is 3.98. The summed E-state index contributed by atoms with van der Waals surface area (Å²) in [7, 11) is 0. The van der Waals surface area contributed by atoms with Gasteiger partial charge in [-0.05, 0) is 25.0 Å². The van der Waals surface area contributed by atoms with Crippen molar-refractivity contribution in [1.29, 1.82) is 0 Å². The zero-order valence-electron chi connectivity index (χ0n) is 11.7. The molecule has 1 saturated heterocycles. The third-order valence-electron chi connectivity index (χ3n) is 3.37. The van der Waals surface area contributed by atoms with E-state index >= 15 is 0 Å². The molecule has 1 atom stereocenters. The van der Waals surface area contributed by atoms with Gasteiger partial charge in [-0.1, -0.05) is 17.3 Å². The summed E-state index contributed by atoms with van der Waals surface area (Å²) in [5, 5.41) is 4.69. The van der Waals surface area contributed by atoms with Gasteiger partial charge in [-0.3, -0.25) is 4.79 Å². The van der Waals surface area contributed by atoms with Gasteiger partial charge in [0.05, 0.1) is 13.2 Å². The molecule has 2 aliphatic rings. The number of benzene rings is 1. The topological polar surface area (TPSA) is 73.9 Å². The van der Waals surface area contributed by atoms with E-state index in [9.17, 15) is 4.79 Å². The number of nitrogens with zero attached hydrogens (tertiary/aromatic N) is 1. The summed E-state index contributed by atoms with van der Waals surface area (Å²) in [6.45, 7) is 1.17. The summed E-state index contributed by atoms with van der Waals surface area (Å²) >= 11 is 1.87. The van der Waals surface area contributed by atoms with E-state index in [1.54, 1.807) is 0 Å². The predicted molar refractivity (Wildman–Crippen MR) is 81.4 cm³/mol. The normalized spacial score (nSPS) is 22.3. The first-order chi connectivity index (χ1) is 10.2. The van der Waals surface area contributed by atoms with Crippen molar-refractivity contribution in [2.24, 2.45) is 10.9 Å². The summed E-state index contributed by atoms with van der Waals surface area (Å²) in [5.74, 6) is -0.587. The largest absolute Gasteiger partial charge is 0.389 e. The molecule has 6 heteroatoms. The second kappa shape index (κ2) is 6.49. The van der Waals surface area contributed by atoms with Crippen molar-refractivity contribution < 1.29 is 14.4 Å². The Morgan fingerprint density at radius 3 is 2.62 bits per heavy atom. The lowest BCUT2D eigenvalue weighted by atomic mass is 10.1. The highest BCUT2D eigenvalue weighted by Gasteiger charge is 2.23. The second-order valence-electron chi connectivity index (χ2n) is 5.24. The number of nitrogens with two attached hydrogens (primary N) is 1. The fourth-order valence-corrected chi connectivity index (χ4v) is 3.08. The number of hydrogen-bond acceptors (Lipinski definition) is 5. The number of amides is 1. The molecule has 5 nitrogen and oxygen atoms in total. The highest BCUT2D eigenvalue weighted by Crippen LogP contribution is 2.39. The molecule has 1 amide bonds. The summed E-state index contributed by atoms with van der Waals surface area (Å²) in [5.41, 5.74) is 6.24. The van der Waals surface area contributed by atoms with Gasteiger partial charge in [0.2, 0.25) is 0 Å². The number of oxime groups is 1. The number of thioether (sulfide) groups is 1. The monoisotopic (exact) mass is 306 g/mol. The first-order valence-corrected chi connectivity index (χ1v) is 7.99. The summed E-state index contributed by atoms with van der Waals surface area (Å²) in [4.78, 5) is 18.1. The maximum Gasteiger partial charge on any atom is 0.271 e. The van der Waals surface area contributed by atoms with Crippen LogP contribution in [0.15, 0.2) is 34.3 Å². The Morgan fingerprint density at radius 1 is 1.29 bits per heavy atom. The van der Waals surface area contributed by atoms with E-state index in [1.807, 2.05) is 36.0 Å². The average molecular weight is 306 g/mol. The Balaban J connectivity index is 1.69. The fourth-order valence-electron chi connectivity index (χ4n) is 2.03. The zero-order chi connectivity index (χ0) is 14.7. The first-order valence-electron chi connectivity index (χ1n) is 7.11. The van der Waals surface area contributed by atoms with Crippen LogP contribution in [-0.4, -0.2) is 36.2 Å². The summed E-state index contributed by atoms with van der Waals surface area (Å²) in [6, 6.07) is 7.72. The number of primary amides is 1. The molecule has 1 saturated carbocycles. The maximum absolute atomic E-state index is 11.6. The van der Waals surface area contributed by atoms with Gasteiger partial charge in [0, 0.05) is 22.1 Å². The Labute approximate surface area is 127 Å². The van der Waals surface area contributed by atoms with E-state index in [1.165, 1.54) is 17.7 Å². The van der Waals surface area contributed by atoms with Crippen LogP contribution in [0.1, 0.15) is 24.8 Å². The van der Waals surface area contributed by atoms with Crippen LogP contribution in [0.2, 0.25) is 0 Å². The fraction of sp³-hybridized carbons (Fsp3) is 0.467. The van der Waals surface area contributed by atoms with Crippen molar-refractivity contribution >= 4 is 23.4 Å². The molecule has 1 aromatic carbocycles. The van der Waals surface area contributed by atoms with Crippen molar-refractivity contribution in [3.05, 3.63) is 29.8 Å². The molecule has 3 rings (SSSR count). The molecule has 0 bridgehead atoms. The Bertz CT molecular complexity index is 534. The lowest BCUT2D eigenvalue weighted by Gasteiger charge is -2.08. The number of rotatable bonds is 6. The van der Waals surface area contributed by atoms with E-state index in [-0.39, 0.29) is 11.8 Å². The maximum atomic E-state index is 11.6. The van der Waals surface area contributed by atoms with Gasteiger partial charge in [0.15, 0.2) is 11.8 Å². The van der Waals surface area contributed by atoms with Crippen LogP contribution in [0.3, 0.4) is 0 Å². The van der Waals surface area contributed by atoms with Gasteiger partial charge in [0.25, 0.3) is 5.91 Å². The van der Waals surface area contributed by atoms with E-state index in [0.717, 1.165) is 11.7 Å². The number of ether oxygens (including phenoxy) is 1. The van der Waals surface area contributed by atoms with Crippen LogP contribution in [0.25, 0.3) is 0 Å². The zero-order valence-corrected chi connectivity index (χ0v) is 12.5. The van der Waals surface area contributed by atoms with E-state index in [4.69, 9.17) is 15.3 Å². The molecular formula is C15H18N2O3S. The molecule has 0 unspecified atom stereocenters. The quantitative estimate of drug-likeness (QED) is 0.644. The highest BCUT2D eigenvalue weighted by molar-refractivity contribution is 8.00. The lowest BCUT2D eigenvalue weighted by Crippen LogP contribution is -2.25. The van der Waals surface area contributed by atoms with Crippen LogP contribution < -0.4 is 5.73 Å². The Morgan fingerprint density at radius 2 is 2.05 bits per heavy atom. The first kappa shape index (κ1) is 14.4. The van der Waals surface area contributed by atoms with Crippen molar-refractivity contribution in [2.45, 2.75) is 35.5 Å². The van der Waals surface area contributed by atoms with Crippen LogP contribution in [0.5, 0.6) is 0 Å². The molecule has 1 heterocycles. The van der Waals surface area contributed by atoms with Gasteiger partial charge in [-0.15, -0.1) is 11.8 Å². The lowest BCUT2D eigenvalue weighted by molar-refractivity contribution is -0.112. The molecule has 1 aliphatic heterocycles. The molecule has 0 aromatic heterocycles. The highest BCUT2D eigenvalue weighted by atomic mass is 32.2. The Hall–Kier alpha value is -1.53. The Kier molecular flexibility index (Phi) is 4.45. The minimum atomic E-state index is -0.587. The van der Waals surface area contributed by atoms with E-state index in [2.05, 4.69) is 5.16 Å². The van der Waals surface area contributed by atoms with Crippen LogP contribution in [-0.2, 0) is 14.4 Å². The van der Waals surface area contributed by atoms with Gasteiger partial charge in [0.1, 0.15) is 0 Å². The smallest absolute Gasteiger partial charge is 0.271 e. The average Bonchev–Trinajstić information content (AvgIpc) is 3.13. The van der Waals surface area contributed by atoms with Crippen LogP contribution in [0.4, 0.5) is 0 Å². The second-order valence-corrected chi connectivity index (χ2v) is 6.61. The SMILES string of the molecule is NC(=O)/C(=N/O[C@@H]1CCOC1)c1ccc(SC2CC2)cc1.